The fraction of sp³-hybridized carbons (Fsp3) is 0.222. The largest absolute Gasteiger partial charge is 0.507 e. The smallest absolute Gasteiger partial charge is 0.141 e. The van der Waals surface area contributed by atoms with Crippen molar-refractivity contribution in [3.05, 3.63) is 28.0 Å². The van der Waals surface area contributed by atoms with Crippen molar-refractivity contribution in [3.63, 3.8) is 0 Å². The van der Waals surface area contributed by atoms with E-state index in [0.717, 1.165) is 0 Å². The number of halogens is 2. The predicted molar refractivity (Wildman–Crippen MR) is 49.8 cm³/mol. The molecular weight excluding hydrogens is 237 g/mol. The summed E-state index contributed by atoms with van der Waals surface area (Å²) in [4.78, 5) is 0. The highest BCUT2D eigenvalue weighted by Crippen LogP contribution is 2.30. The van der Waals surface area contributed by atoms with E-state index in [1.807, 2.05) is 6.07 Å². The summed E-state index contributed by atoms with van der Waals surface area (Å²) in [5.41, 5.74) is 0.473. The van der Waals surface area contributed by atoms with E-state index in [1.54, 1.807) is 6.92 Å². The summed E-state index contributed by atoms with van der Waals surface area (Å²) in [5, 5.41) is 17.8. The Balaban J connectivity index is 3.22. The molecule has 68 valence electrons. The lowest BCUT2D eigenvalue weighted by Gasteiger charge is -2.05. The van der Waals surface area contributed by atoms with Crippen LogP contribution in [0.4, 0.5) is 4.39 Å². The maximum Gasteiger partial charge on any atom is 0.141 e. The fourth-order valence-corrected chi connectivity index (χ4v) is 1.15. The van der Waals surface area contributed by atoms with Crippen molar-refractivity contribution in [1.29, 1.82) is 5.26 Å². The SMILES string of the molecule is CC(C#N)c1cc(O)c(Br)c(F)c1. The van der Waals surface area contributed by atoms with E-state index >= 15 is 0 Å². The third-order valence-corrected chi connectivity index (χ3v) is 2.51. The monoisotopic (exact) mass is 243 g/mol. The second-order valence-electron chi connectivity index (χ2n) is 2.69. The minimum absolute atomic E-state index is 0.0291. The second-order valence-corrected chi connectivity index (χ2v) is 3.48. The molecule has 4 heteroatoms. The van der Waals surface area contributed by atoms with Crippen LogP contribution in [0, 0.1) is 17.1 Å². The van der Waals surface area contributed by atoms with Crippen LogP contribution < -0.4 is 0 Å². The number of hydrogen-bond donors (Lipinski definition) is 1. The normalized spacial score (nSPS) is 12.2. The summed E-state index contributed by atoms with van der Waals surface area (Å²) in [5.74, 6) is -1.16. The maximum absolute atomic E-state index is 13.0. The van der Waals surface area contributed by atoms with Gasteiger partial charge in [-0.1, -0.05) is 0 Å². The van der Waals surface area contributed by atoms with Crippen LogP contribution in [0.15, 0.2) is 16.6 Å². The predicted octanol–water partition coefficient (Wildman–Crippen LogP) is 2.92. The summed E-state index contributed by atoms with van der Waals surface area (Å²) in [7, 11) is 0. The molecule has 0 spiro atoms. The summed E-state index contributed by atoms with van der Waals surface area (Å²) < 4.78 is 13.0. The van der Waals surface area contributed by atoms with Gasteiger partial charge in [-0.2, -0.15) is 5.26 Å². The zero-order chi connectivity index (χ0) is 10.0. The summed E-state index contributed by atoms with van der Waals surface area (Å²) in [6, 6.07) is 4.57. The van der Waals surface area contributed by atoms with Crippen LogP contribution in [-0.4, -0.2) is 5.11 Å². The van der Waals surface area contributed by atoms with Crippen LogP contribution in [0.3, 0.4) is 0 Å². The Hall–Kier alpha value is -1.08. The number of nitriles is 1. The molecular formula is C9H7BrFNO. The van der Waals surface area contributed by atoms with Gasteiger partial charge in [-0.3, -0.25) is 0 Å². The number of benzene rings is 1. The molecule has 0 radical (unpaired) electrons. The molecule has 0 aromatic heterocycles. The van der Waals surface area contributed by atoms with Crippen molar-refractivity contribution >= 4 is 15.9 Å². The molecule has 0 amide bonds. The molecule has 0 fully saturated rings. The van der Waals surface area contributed by atoms with Crippen molar-refractivity contribution < 1.29 is 9.50 Å². The van der Waals surface area contributed by atoms with Gasteiger partial charge in [-0.05, 0) is 40.5 Å². The highest BCUT2D eigenvalue weighted by molar-refractivity contribution is 9.10. The second kappa shape index (κ2) is 3.75. The number of rotatable bonds is 1. The van der Waals surface area contributed by atoms with E-state index in [2.05, 4.69) is 15.9 Å². The number of phenols is 1. The zero-order valence-corrected chi connectivity index (χ0v) is 8.47. The van der Waals surface area contributed by atoms with Gasteiger partial charge in [0.1, 0.15) is 11.6 Å². The summed E-state index contributed by atoms with van der Waals surface area (Å²) >= 11 is 2.88. The van der Waals surface area contributed by atoms with E-state index in [-0.39, 0.29) is 10.2 Å². The lowest BCUT2D eigenvalue weighted by molar-refractivity contribution is 0.463. The first kappa shape index (κ1) is 10.0. The number of nitrogens with zero attached hydrogens (tertiary/aromatic N) is 1. The van der Waals surface area contributed by atoms with Crippen LogP contribution in [-0.2, 0) is 0 Å². The Bertz CT molecular complexity index is 349. The molecule has 0 saturated heterocycles. The average molecular weight is 244 g/mol. The zero-order valence-electron chi connectivity index (χ0n) is 6.88. The van der Waals surface area contributed by atoms with Crippen LogP contribution in [0.25, 0.3) is 0 Å². The first-order chi connectivity index (χ1) is 6.06. The van der Waals surface area contributed by atoms with Crippen LogP contribution in [0.2, 0.25) is 0 Å². The molecule has 1 aromatic rings. The van der Waals surface area contributed by atoms with Gasteiger partial charge in [0.2, 0.25) is 0 Å². The van der Waals surface area contributed by atoms with Crippen LogP contribution >= 0.6 is 15.9 Å². The topological polar surface area (TPSA) is 44.0 Å². The van der Waals surface area contributed by atoms with Gasteiger partial charge >= 0.3 is 0 Å². The van der Waals surface area contributed by atoms with Crippen molar-refractivity contribution in [2.75, 3.05) is 0 Å². The van der Waals surface area contributed by atoms with Crippen molar-refractivity contribution in [2.45, 2.75) is 12.8 Å². The lowest BCUT2D eigenvalue weighted by Crippen LogP contribution is -1.91. The third kappa shape index (κ3) is 1.99. The first-order valence-electron chi connectivity index (χ1n) is 3.63. The minimum atomic E-state index is -0.558. The molecule has 0 bridgehead atoms. The quantitative estimate of drug-likeness (QED) is 0.825. The van der Waals surface area contributed by atoms with Gasteiger partial charge in [0, 0.05) is 0 Å². The molecule has 1 atom stereocenters. The molecule has 0 aliphatic carbocycles. The van der Waals surface area contributed by atoms with Gasteiger partial charge in [-0.25, -0.2) is 4.39 Å². The van der Waals surface area contributed by atoms with Crippen molar-refractivity contribution in [3.8, 4) is 11.8 Å². The van der Waals surface area contributed by atoms with Crippen molar-refractivity contribution in [2.24, 2.45) is 0 Å². The number of hydrogen-bond acceptors (Lipinski definition) is 2. The van der Waals surface area contributed by atoms with Crippen LogP contribution in [0.5, 0.6) is 5.75 Å². The standard InChI is InChI=1S/C9H7BrFNO/c1-5(4-12)6-2-7(11)9(10)8(13)3-6/h2-3,5,13H,1H3. The van der Waals surface area contributed by atoms with E-state index < -0.39 is 11.7 Å². The first-order valence-corrected chi connectivity index (χ1v) is 4.43. The Morgan fingerprint density at radius 2 is 2.23 bits per heavy atom. The van der Waals surface area contributed by atoms with Gasteiger partial charge in [0.15, 0.2) is 0 Å². The Labute approximate surface area is 83.7 Å². The summed E-state index contributed by atoms with van der Waals surface area (Å²) in [6.45, 7) is 1.64. The summed E-state index contributed by atoms with van der Waals surface area (Å²) in [6.07, 6.45) is 0. The Kier molecular flexibility index (Phi) is 2.89. The van der Waals surface area contributed by atoms with E-state index in [9.17, 15) is 9.50 Å². The molecule has 2 nitrogen and oxygen atoms in total. The molecule has 1 unspecified atom stereocenters. The van der Waals surface area contributed by atoms with Gasteiger partial charge < -0.3 is 5.11 Å². The lowest BCUT2D eigenvalue weighted by atomic mass is 10.0. The van der Waals surface area contributed by atoms with E-state index in [4.69, 9.17) is 5.26 Å². The minimum Gasteiger partial charge on any atom is -0.507 e. The van der Waals surface area contributed by atoms with Gasteiger partial charge in [0.25, 0.3) is 0 Å². The fourth-order valence-electron chi connectivity index (χ4n) is 0.919. The molecule has 0 aliphatic rings. The van der Waals surface area contributed by atoms with Crippen molar-refractivity contribution in [1.82, 2.24) is 0 Å². The highest BCUT2D eigenvalue weighted by Gasteiger charge is 2.11. The molecule has 1 N–H and O–H groups in total. The van der Waals surface area contributed by atoms with Crippen LogP contribution in [0.1, 0.15) is 18.4 Å². The van der Waals surface area contributed by atoms with Gasteiger partial charge in [0.05, 0.1) is 16.5 Å². The Morgan fingerprint density at radius 1 is 1.62 bits per heavy atom. The van der Waals surface area contributed by atoms with E-state index in [0.29, 0.717) is 5.56 Å². The van der Waals surface area contributed by atoms with Gasteiger partial charge in [-0.15, -0.1) is 0 Å². The third-order valence-electron chi connectivity index (χ3n) is 1.72. The molecule has 1 aromatic carbocycles. The molecule has 13 heavy (non-hydrogen) atoms. The number of aromatic hydroxyl groups is 1. The molecule has 0 heterocycles. The number of phenolic OH excluding ortho intramolecular Hbond substituents is 1. The highest BCUT2D eigenvalue weighted by atomic mass is 79.9. The molecule has 1 rings (SSSR count). The molecule has 0 aliphatic heterocycles. The van der Waals surface area contributed by atoms with E-state index in [1.165, 1.54) is 12.1 Å². The average Bonchev–Trinajstić information content (AvgIpc) is 2.12. The molecule has 0 saturated carbocycles. The maximum atomic E-state index is 13.0. The Morgan fingerprint density at radius 3 is 2.69 bits per heavy atom.